The maximum absolute atomic E-state index is 11.9. The number of fused-ring (bicyclic) bond motifs is 3. The molecule has 0 atom stereocenters. The van der Waals surface area contributed by atoms with E-state index in [9.17, 15) is 14.4 Å². The van der Waals surface area contributed by atoms with Crippen molar-refractivity contribution >= 4 is 79.3 Å². The van der Waals surface area contributed by atoms with Crippen LogP contribution in [0.5, 0.6) is 17.2 Å². The first-order valence-corrected chi connectivity index (χ1v) is 33.8. The predicted molar refractivity (Wildman–Crippen MR) is 393 cm³/mol. The molecule has 1 fully saturated rings. The fraction of sp³-hybridized carbons (Fsp3) is 0.241. The van der Waals surface area contributed by atoms with Crippen LogP contribution in [0.2, 0.25) is 0 Å². The molecule has 24 heteroatoms. The number of aromatic nitrogens is 3. The topological polar surface area (TPSA) is 322 Å². The number of rotatable bonds is 23. The van der Waals surface area contributed by atoms with Gasteiger partial charge >= 0.3 is 43.9 Å². The molecule has 0 aliphatic carbocycles. The molecule has 1 saturated heterocycles. The molecule has 0 saturated carbocycles. The van der Waals surface area contributed by atoms with E-state index in [0.717, 1.165) is 110 Å². The molecule has 21 nitrogen and oxygen atoms in total. The quantitative estimate of drug-likeness (QED) is 0.0263. The fourth-order valence-corrected chi connectivity index (χ4v) is 11.4. The van der Waals surface area contributed by atoms with Crippen LogP contribution in [0.3, 0.4) is 0 Å². The first-order chi connectivity index (χ1) is 48.8. The summed E-state index contributed by atoms with van der Waals surface area (Å²) in [5.41, 5.74) is 30.0. The molecule has 8 N–H and O–H groups in total. The fourth-order valence-electron chi connectivity index (χ4n) is 11.0. The maximum atomic E-state index is 11.9. The van der Waals surface area contributed by atoms with Crippen molar-refractivity contribution in [2.24, 2.45) is 17.2 Å². The Morgan fingerprint density at radius 2 is 0.845 bits per heavy atom. The van der Waals surface area contributed by atoms with Crippen molar-refractivity contribution in [2.45, 2.75) is 111 Å². The summed E-state index contributed by atoms with van der Waals surface area (Å²) in [6.07, 6.45) is 5.24. The SMILES string of the molecule is CCOC(=O)Cc1ccccc1OCc1cc(-c2cccc(CN)n2)c2occc2c1.CCOC(=O)Cc1ccccc1OCc1cc(B2OC(C)(C)C(C)(C)O2)c2occc2c1.NCc1cccc(-c2cc(COc3ccccc3CC(=O)O)cc3ccoc23)n1.NCc1cccc(Br)n1.[Li+].[OH-]. The van der Waals surface area contributed by atoms with Crippen molar-refractivity contribution in [1.29, 1.82) is 0 Å². The van der Waals surface area contributed by atoms with Crippen LogP contribution in [-0.4, -0.2) is 75.0 Å². The summed E-state index contributed by atoms with van der Waals surface area (Å²) in [4.78, 5) is 48.3. The summed E-state index contributed by atoms with van der Waals surface area (Å²) >= 11 is 3.24. The van der Waals surface area contributed by atoms with Gasteiger partial charge in [-0.2, -0.15) is 0 Å². The predicted octanol–water partition coefficient (Wildman–Crippen LogP) is 11.3. The minimum atomic E-state index is -0.894. The number of carboxylic acid groups (broad SMARTS) is 1. The van der Waals surface area contributed by atoms with Crippen LogP contribution in [0.15, 0.2) is 219 Å². The molecule has 0 amide bonds. The first-order valence-electron chi connectivity index (χ1n) is 33.0. The molecule has 6 aromatic heterocycles. The Morgan fingerprint density at radius 3 is 1.23 bits per heavy atom. The minimum Gasteiger partial charge on any atom is -0.870 e. The van der Waals surface area contributed by atoms with Gasteiger partial charge in [0.05, 0.1) is 90.9 Å². The molecule has 6 aromatic carbocycles. The van der Waals surface area contributed by atoms with E-state index in [4.69, 9.17) is 68.6 Å². The van der Waals surface area contributed by atoms with Crippen molar-refractivity contribution < 1.29 is 90.1 Å². The number of furan rings is 3. The monoisotopic (exact) mass is 1450 g/mol. The molecular formula is C79H81BBrLiN6O15. The van der Waals surface area contributed by atoms with Crippen LogP contribution >= 0.6 is 15.9 Å². The second-order valence-corrected chi connectivity index (χ2v) is 25.2. The van der Waals surface area contributed by atoms with Gasteiger partial charge in [0, 0.05) is 69.1 Å². The second kappa shape index (κ2) is 37.3. The molecule has 0 spiro atoms. The summed E-state index contributed by atoms with van der Waals surface area (Å²) in [6, 6.07) is 57.2. The number of para-hydroxylation sites is 3. The number of nitrogens with two attached hydrogens (primary N) is 3. The Balaban J connectivity index is 0.000000183. The molecule has 528 valence electrons. The van der Waals surface area contributed by atoms with Gasteiger partial charge in [-0.3, -0.25) is 24.4 Å². The summed E-state index contributed by atoms with van der Waals surface area (Å²) in [5, 5.41) is 12.0. The molecule has 7 heterocycles. The summed E-state index contributed by atoms with van der Waals surface area (Å²) in [6.45, 7) is 14.6. The van der Waals surface area contributed by atoms with Gasteiger partial charge < -0.3 is 74.0 Å². The van der Waals surface area contributed by atoms with Crippen molar-refractivity contribution in [3.05, 3.63) is 256 Å². The number of esters is 2. The van der Waals surface area contributed by atoms with Gasteiger partial charge in [-0.25, -0.2) is 4.98 Å². The molecule has 0 radical (unpaired) electrons. The van der Waals surface area contributed by atoms with Gasteiger partial charge in [-0.05, 0) is 177 Å². The van der Waals surface area contributed by atoms with Crippen LogP contribution < -0.4 is 55.7 Å². The van der Waals surface area contributed by atoms with Crippen molar-refractivity contribution in [3.8, 4) is 39.8 Å². The largest absolute Gasteiger partial charge is 1.00 e. The Kier molecular flexibility index (Phi) is 28.6. The number of pyridine rings is 3. The van der Waals surface area contributed by atoms with Crippen LogP contribution in [0.4, 0.5) is 0 Å². The van der Waals surface area contributed by atoms with Crippen LogP contribution in [0.25, 0.3) is 55.4 Å². The summed E-state index contributed by atoms with van der Waals surface area (Å²) < 4.78 is 58.8. The van der Waals surface area contributed by atoms with E-state index in [1.54, 1.807) is 50.8 Å². The average Bonchev–Trinajstić information content (AvgIpc) is 1.62. The molecule has 1 aliphatic rings. The Hall–Kier alpha value is -9.90. The minimum absolute atomic E-state index is 0. The first kappa shape index (κ1) is 78.8. The van der Waals surface area contributed by atoms with Gasteiger partial charge in [0.15, 0.2) is 0 Å². The third-order valence-corrected chi connectivity index (χ3v) is 17.1. The molecule has 0 unspecified atom stereocenters. The number of hydrogen-bond donors (Lipinski definition) is 4. The number of aliphatic carboxylic acids is 1. The third kappa shape index (κ3) is 20.9. The zero-order chi connectivity index (χ0) is 71.5. The number of carboxylic acids is 1. The van der Waals surface area contributed by atoms with E-state index in [1.165, 1.54) is 0 Å². The average molecular weight is 1450 g/mol. The van der Waals surface area contributed by atoms with Gasteiger partial charge in [0.25, 0.3) is 0 Å². The number of ether oxygens (including phenoxy) is 5. The van der Waals surface area contributed by atoms with E-state index in [-0.39, 0.29) is 55.5 Å². The number of halogens is 1. The standard InChI is InChI=1S/C25H29BO6.C25H24N2O4.C23H20N2O4.C6H7BrN2.Li.H2O/c1-6-28-22(27)15-18-9-7-8-10-21(18)30-16-17-13-19-11-12-29-23(19)20(14-17)26-31-24(2,3)25(4,5)32-26;1-2-29-24(28)14-18-6-3-4-9-23(18)31-16-17-12-19-10-11-30-25(19)21(13-17)22-8-5-7-20(15-26)27-22;24-13-18-5-3-6-20(25-18)19-11-15(10-17-8-9-28-23(17)19)14-29-21-7-2-1-4-16(21)12-22(26)27;7-6-3-1-2-5(4-8)9-6;;/h7-14H,6,15-16H2,1-5H3;3-13H,2,14-16,26H2,1H3;1-11H,12-14,24H2,(H,26,27);1-3H,4,8H2;;1H2/q;;;;+1;/p-1. The van der Waals surface area contributed by atoms with E-state index < -0.39 is 24.3 Å². The van der Waals surface area contributed by atoms with Crippen molar-refractivity contribution in [1.82, 2.24) is 15.0 Å². The molecule has 0 bridgehead atoms. The summed E-state index contributed by atoms with van der Waals surface area (Å²) in [5.74, 6) is 0.441. The number of carbonyl (C=O) groups excluding carboxylic acids is 2. The molecule has 12 aromatic rings. The molecule has 103 heavy (non-hydrogen) atoms. The number of nitrogens with zero attached hydrogens (tertiary/aromatic N) is 3. The Morgan fingerprint density at radius 1 is 0.476 bits per heavy atom. The van der Waals surface area contributed by atoms with E-state index in [1.807, 2.05) is 191 Å². The van der Waals surface area contributed by atoms with Crippen molar-refractivity contribution in [2.75, 3.05) is 13.2 Å². The number of hydrogen-bond acceptors (Lipinski definition) is 20. The van der Waals surface area contributed by atoms with E-state index in [0.29, 0.717) is 75.5 Å². The smallest absolute Gasteiger partial charge is 0.870 e. The van der Waals surface area contributed by atoms with E-state index in [2.05, 4.69) is 30.9 Å². The van der Waals surface area contributed by atoms with Crippen LogP contribution in [-0.2, 0) is 91.9 Å². The molecule has 13 rings (SSSR count). The zero-order valence-corrected chi connectivity index (χ0v) is 60.1. The van der Waals surface area contributed by atoms with Crippen LogP contribution in [0, 0.1) is 0 Å². The molecular weight excluding hydrogens is 1370 g/mol. The number of benzene rings is 6. The Labute approximate surface area is 618 Å². The Bertz CT molecular complexity index is 4790. The molecule has 1 aliphatic heterocycles. The maximum Gasteiger partial charge on any atom is 1.00 e. The van der Waals surface area contributed by atoms with Crippen LogP contribution in [0.1, 0.15) is 92.0 Å². The van der Waals surface area contributed by atoms with Gasteiger partial charge in [0.2, 0.25) is 0 Å². The normalized spacial score (nSPS) is 12.5. The zero-order valence-electron chi connectivity index (χ0n) is 58.6. The number of carbonyl (C=O) groups is 3. The summed E-state index contributed by atoms with van der Waals surface area (Å²) in [7, 11) is -0.537. The van der Waals surface area contributed by atoms with Crippen molar-refractivity contribution in [3.63, 3.8) is 0 Å². The van der Waals surface area contributed by atoms with Gasteiger partial charge in [0.1, 0.15) is 58.4 Å². The van der Waals surface area contributed by atoms with Gasteiger partial charge in [-0.1, -0.05) is 78.9 Å². The third-order valence-electron chi connectivity index (χ3n) is 16.7. The second-order valence-electron chi connectivity index (χ2n) is 24.4. The van der Waals surface area contributed by atoms with E-state index >= 15 is 0 Å². The van der Waals surface area contributed by atoms with Gasteiger partial charge in [-0.15, -0.1) is 0 Å².